The highest BCUT2D eigenvalue weighted by molar-refractivity contribution is 7.89. The fourth-order valence-electron chi connectivity index (χ4n) is 5.18. The zero-order valence-corrected chi connectivity index (χ0v) is 23.2. The number of amides is 1. The highest BCUT2D eigenvalue weighted by atomic mass is 32.2. The van der Waals surface area contributed by atoms with Crippen LogP contribution in [-0.2, 0) is 33.7 Å². The molecule has 0 saturated carbocycles. The molecule has 3 aromatic rings. The van der Waals surface area contributed by atoms with Gasteiger partial charge in [-0.25, -0.2) is 17.8 Å². The molecule has 14 heteroatoms. The van der Waals surface area contributed by atoms with Crippen molar-refractivity contribution in [3.8, 4) is 0 Å². The van der Waals surface area contributed by atoms with E-state index in [2.05, 4.69) is 4.98 Å². The van der Waals surface area contributed by atoms with Crippen LogP contribution in [0.2, 0.25) is 0 Å². The fraction of sp³-hybridized carbons (Fsp3) is 0.357. The van der Waals surface area contributed by atoms with Crippen LogP contribution in [0.15, 0.2) is 65.8 Å². The third-order valence-electron chi connectivity index (χ3n) is 7.21. The Hall–Kier alpha value is -3.52. The summed E-state index contributed by atoms with van der Waals surface area (Å²) in [5.41, 5.74) is -2.44. The fourth-order valence-corrected chi connectivity index (χ4v) is 6.60. The number of halogens is 7. The molecule has 1 fully saturated rings. The smallest absolute Gasteiger partial charge is 0.341 e. The molecule has 4 rings (SSSR count). The van der Waals surface area contributed by atoms with E-state index in [-0.39, 0.29) is 36.2 Å². The van der Waals surface area contributed by atoms with E-state index < -0.39 is 63.6 Å². The summed E-state index contributed by atoms with van der Waals surface area (Å²) < 4.78 is 122. The molecule has 0 spiro atoms. The van der Waals surface area contributed by atoms with E-state index in [4.69, 9.17) is 0 Å². The van der Waals surface area contributed by atoms with Gasteiger partial charge in [0.2, 0.25) is 5.91 Å². The van der Waals surface area contributed by atoms with Crippen molar-refractivity contribution in [2.45, 2.75) is 43.2 Å². The predicted molar refractivity (Wildman–Crippen MR) is 138 cm³/mol. The van der Waals surface area contributed by atoms with Gasteiger partial charge in [-0.1, -0.05) is 12.1 Å². The zero-order chi connectivity index (χ0) is 31.0. The maximum absolute atomic E-state index is 13.9. The lowest BCUT2D eigenvalue weighted by molar-refractivity contribution is -0.143. The third kappa shape index (κ3) is 6.75. The van der Waals surface area contributed by atoms with Crippen molar-refractivity contribution in [2.75, 3.05) is 20.1 Å². The molecule has 0 radical (unpaired) electrons. The molecule has 1 aromatic heterocycles. The van der Waals surface area contributed by atoms with Gasteiger partial charge in [0.15, 0.2) is 5.03 Å². The number of alkyl halides is 6. The molecule has 1 aliphatic rings. The molecule has 1 aliphatic heterocycles. The summed E-state index contributed by atoms with van der Waals surface area (Å²) in [6, 6.07) is 9.34. The summed E-state index contributed by atoms with van der Waals surface area (Å²) in [5, 5.41) is -0.202. The molecule has 42 heavy (non-hydrogen) atoms. The normalized spacial score (nSPS) is 18.6. The van der Waals surface area contributed by atoms with E-state index in [0.29, 0.717) is 23.3 Å². The standard InChI is InChI=1S/C28H26F7N3O3S/c1-17-11-21(29)6-7-22(17)24-16-38(42(40,41)25-5-3-4-9-36-25)10-8-23(24)26(39)37(2)15-18-12-19(27(30,31)32)14-20(13-18)28(33,34)35/h3-7,9,11-14,23-24H,8,10,15-16H2,1-2H3. The third-order valence-corrected chi connectivity index (χ3v) is 8.99. The average Bonchev–Trinajstić information content (AvgIpc) is 2.91. The summed E-state index contributed by atoms with van der Waals surface area (Å²) in [4.78, 5) is 18.6. The summed E-state index contributed by atoms with van der Waals surface area (Å²) in [5.74, 6) is -2.85. The molecule has 0 N–H and O–H groups in total. The van der Waals surface area contributed by atoms with Crippen molar-refractivity contribution in [1.29, 1.82) is 0 Å². The highest BCUT2D eigenvalue weighted by Gasteiger charge is 2.42. The number of rotatable bonds is 6. The second-order valence-corrected chi connectivity index (χ2v) is 12.0. The van der Waals surface area contributed by atoms with Crippen LogP contribution >= 0.6 is 0 Å². The number of aryl methyl sites for hydroxylation is 1. The molecule has 0 bridgehead atoms. The molecule has 226 valence electrons. The minimum Gasteiger partial charge on any atom is -0.341 e. The number of piperidine rings is 1. The van der Waals surface area contributed by atoms with Crippen LogP contribution in [0.5, 0.6) is 0 Å². The number of pyridine rings is 1. The molecule has 0 aliphatic carbocycles. The first-order valence-corrected chi connectivity index (χ1v) is 14.1. The molecule has 2 aromatic carbocycles. The number of sulfonamides is 1. The van der Waals surface area contributed by atoms with Crippen molar-refractivity contribution >= 4 is 15.9 Å². The molecular formula is C28H26F7N3O3S. The molecule has 2 unspecified atom stereocenters. The lowest BCUT2D eigenvalue weighted by Gasteiger charge is -2.39. The van der Waals surface area contributed by atoms with Crippen LogP contribution in [0, 0.1) is 18.7 Å². The van der Waals surface area contributed by atoms with E-state index in [0.717, 1.165) is 9.21 Å². The van der Waals surface area contributed by atoms with Crippen molar-refractivity contribution in [1.82, 2.24) is 14.2 Å². The van der Waals surface area contributed by atoms with Gasteiger partial charge in [-0.05, 0) is 72.5 Å². The quantitative estimate of drug-likeness (QED) is 0.318. The van der Waals surface area contributed by atoms with Crippen molar-refractivity contribution in [3.63, 3.8) is 0 Å². The molecule has 1 amide bonds. The monoisotopic (exact) mass is 617 g/mol. The number of nitrogens with zero attached hydrogens (tertiary/aromatic N) is 3. The Kier molecular flexibility index (Phi) is 8.70. The van der Waals surface area contributed by atoms with Crippen LogP contribution in [0.1, 0.15) is 40.2 Å². The second kappa shape index (κ2) is 11.6. The van der Waals surface area contributed by atoms with Crippen LogP contribution < -0.4 is 0 Å². The van der Waals surface area contributed by atoms with Gasteiger partial charge in [0.25, 0.3) is 10.0 Å². The summed E-state index contributed by atoms with van der Waals surface area (Å²) in [6.45, 7) is 0.754. The Balaban J connectivity index is 1.66. The molecular weight excluding hydrogens is 591 g/mol. The van der Waals surface area contributed by atoms with Gasteiger partial charge in [0.1, 0.15) is 5.82 Å². The molecule has 2 heterocycles. The Labute approximate surface area is 237 Å². The van der Waals surface area contributed by atoms with Gasteiger partial charge < -0.3 is 4.90 Å². The van der Waals surface area contributed by atoms with Crippen LogP contribution in [0.4, 0.5) is 30.7 Å². The zero-order valence-electron chi connectivity index (χ0n) is 22.4. The Morgan fingerprint density at radius 2 is 1.64 bits per heavy atom. The van der Waals surface area contributed by atoms with Gasteiger partial charge in [0, 0.05) is 44.7 Å². The maximum Gasteiger partial charge on any atom is 0.416 e. The van der Waals surface area contributed by atoms with Gasteiger partial charge in [-0.2, -0.15) is 30.6 Å². The number of aromatic nitrogens is 1. The van der Waals surface area contributed by atoms with Crippen molar-refractivity contribution in [3.05, 3.63) is 94.4 Å². The lowest BCUT2D eigenvalue weighted by Crippen LogP contribution is -2.47. The SMILES string of the molecule is Cc1cc(F)ccc1C1CN(S(=O)(=O)c2ccccn2)CCC1C(=O)N(C)Cc1cc(C(F)(F)F)cc(C(F)(F)F)c1. The Morgan fingerprint density at radius 3 is 2.19 bits per heavy atom. The number of hydrogen-bond donors (Lipinski definition) is 0. The number of benzene rings is 2. The minimum absolute atomic E-state index is 0.00683. The minimum atomic E-state index is -5.05. The Bertz CT molecular complexity index is 1530. The van der Waals surface area contributed by atoms with Crippen LogP contribution in [-0.4, -0.2) is 48.7 Å². The summed E-state index contributed by atoms with van der Waals surface area (Å²) in [6.07, 6.45) is -8.78. The van der Waals surface area contributed by atoms with Gasteiger partial charge in [-0.15, -0.1) is 0 Å². The number of carbonyl (C=O) groups is 1. The first-order chi connectivity index (χ1) is 19.5. The van der Waals surface area contributed by atoms with Gasteiger partial charge >= 0.3 is 12.4 Å². The molecule has 1 saturated heterocycles. The maximum atomic E-state index is 13.9. The highest BCUT2D eigenvalue weighted by Crippen LogP contribution is 2.39. The molecule has 6 nitrogen and oxygen atoms in total. The number of hydrogen-bond acceptors (Lipinski definition) is 4. The summed E-state index contributed by atoms with van der Waals surface area (Å²) >= 11 is 0. The van der Waals surface area contributed by atoms with Crippen molar-refractivity contribution in [2.24, 2.45) is 5.92 Å². The first kappa shape index (κ1) is 31.4. The van der Waals surface area contributed by atoms with Crippen LogP contribution in [0.3, 0.4) is 0 Å². The second-order valence-electron chi connectivity index (χ2n) is 10.1. The van der Waals surface area contributed by atoms with E-state index in [1.807, 2.05) is 0 Å². The van der Waals surface area contributed by atoms with E-state index in [9.17, 15) is 43.9 Å². The summed E-state index contributed by atoms with van der Waals surface area (Å²) in [7, 11) is -2.82. The van der Waals surface area contributed by atoms with Gasteiger partial charge in [0.05, 0.1) is 11.1 Å². The lowest BCUT2D eigenvalue weighted by atomic mass is 9.79. The van der Waals surface area contributed by atoms with Crippen LogP contribution in [0.25, 0.3) is 0 Å². The topological polar surface area (TPSA) is 70.6 Å². The van der Waals surface area contributed by atoms with E-state index >= 15 is 0 Å². The number of carbonyl (C=O) groups excluding carboxylic acids is 1. The molecule has 2 atom stereocenters. The van der Waals surface area contributed by atoms with E-state index in [1.54, 1.807) is 13.0 Å². The average molecular weight is 618 g/mol. The van der Waals surface area contributed by atoms with Crippen molar-refractivity contribution < 1.29 is 43.9 Å². The van der Waals surface area contributed by atoms with Gasteiger partial charge in [-0.3, -0.25) is 4.79 Å². The Morgan fingerprint density at radius 1 is 1.00 bits per heavy atom. The largest absolute Gasteiger partial charge is 0.416 e. The first-order valence-electron chi connectivity index (χ1n) is 12.7. The predicted octanol–water partition coefficient (Wildman–Crippen LogP) is 6.02. The van der Waals surface area contributed by atoms with E-state index in [1.165, 1.54) is 43.6 Å².